The molecule has 114 valence electrons. The van der Waals surface area contributed by atoms with Crippen molar-refractivity contribution in [2.45, 2.75) is 13.0 Å². The maximum absolute atomic E-state index is 4.37. The van der Waals surface area contributed by atoms with Gasteiger partial charge in [0.05, 0.1) is 0 Å². The summed E-state index contributed by atoms with van der Waals surface area (Å²) in [6, 6.07) is 16.8. The Morgan fingerprint density at radius 3 is 2.52 bits per heavy atom. The molecule has 3 aromatic rings. The molecule has 0 saturated carbocycles. The Bertz CT molecular complexity index is 863. The highest BCUT2D eigenvalue weighted by Crippen LogP contribution is 2.32. The van der Waals surface area contributed by atoms with E-state index in [1.54, 1.807) is 6.33 Å². The van der Waals surface area contributed by atoms with Crippen molar-refractivity contribution >= 4 is 27.6 Å². The summed E-state index contributed by atoms with van der Waals surface area (Å²) in [5.41, 5.74) is 4.61. The van der Waals surface area contributed by atoms with Crippen molar-refractivity contribution in [2.24, 2.45) is 0 Å². The zero-order valence-electron chi connectivity index (χ0n) is 12.6. The predicted molar refractivity (Wildman–Crippen MR) is 95.1 cm³/mol. The largest absolute Gasteiger partial charge is 0.324 e. The van der Waals surface area contributed by atoms with Gasteiger partial charge in [-0.3, -0.25) is 0 Å². The number of nitrogens with zero attached hydrogens (tertiary/aromatic N) is 3. The second kappa shape index (κ2) is 5.66. The summed E-state index contributed by atoms with van der Waals surface area (Å²) in [5, 5.41) is 7.73. The molecule has 0 unspecified atom stereocenters. The minimum Gasteiger partial charge on any atom is -0.324 e. The van der Waals surface area contributed by atoms with Crippen LogP contribution in [0.1, 0.15) is 22.7 Å². The first-order chi connectivity index (χ1) is 11.2. The molecule has 0 aliphatic carbocycles. The van der Waals surface area contributed by atoms with E-state index in [0.29, 0.717) is 0 Å². The smallest absolute Gasteiger partial charge is 0.226 e. The topological polar surface area (TPSA) is 42.7 Å². The fourth-order valence-electron chi connectivity index (χ4n) is 2.73. The SMILES string of the molecule is Cc1ccc([C@H]2C=C(c3ccc(Br)cc3)Nc3ncnn32)cc1. The molecule has 4 nitrogen and oxygen atoms in total. The summed E-state index contributed by atoms with van der Waals surface area (Å²) in [6.07, 6.45) is 3.78. The highest BCUT2D eigenvalue weighted by atomic mass is 79.9. The van der Waals surface area contributed by atoms with Crippen molar-refractivity contribution in [2.75, 3.05) is 5.32 Å². The summed E-state index contributed by atoms with van der Waals surface area (Å²) in [4.78, 5) is 4.33. The van der Waals surface area contributed by atoms with Crippen molar-refractivity contribution in [1.82, 2.24) is 14.8 Å². The first kappa shape index (κ1) is 14.2. The molecule has 0 radical (unpaired) electrons. The Hall–Kier alpha value is -2.40. The fraction of sp³-hybridized carbons (Fsp3) is 0.111. The van der Waals surface area contributed by atoms with E-state index in [0.717, 1.165) is 21.7 Å². The van der Waals surface area contributed by atoms with E-state index in [1.165, 1.54) is 11.1 Å². The quantitative estimate of drug-likeness (QED) is 0.730. The van der Waals surface area contributed by atoms with Gasteiger partial charge in [0.2, 0.25) is 5.95 Å². The van der Waals surface area contributed by atoms with Crippen LogP contribution in [0, 0.1) is 6.92 Å². The van der Waals surface area contributed by atoms with E-state index in [4.69, 9.17) is 0 Å². The number of hydrogen-bond acceptors (Lipinski definition) is 3. The van der Waals surface area contributed by atoms with Gasteiger partial charge in [-0.15, -0.1) is 0 Å². The molecule has 2 heterocycles. The van der Waals surface area contributed by atoms with E-state index in [1.807, 2.05) is 16.8 Å². The van der Waals surface area contributed by atoms with Crippen LogP contribution in [0.25, 0.3) is 5.70 Å². The Balaban J connectivity index is 1.79. The summed E-state index contributed by atoms with van der Waals surface area (Å²) in [5.74, 6) is 0.760. The highest BCUT2D eigenvalue weighted by molar-refractivity contribution is 9.10. The van der Waals surface area contributed by atoms with Gasteiger partial charge in [0.15, 0.2) is 0 Å². The molecular formula is C18H15BrN4. The van der Waals surface area contributed by atoms with Gasteiger partial charge in [-0.25, -0.2) is 4.68 Å². The molecule has 0 saturated heterocycles. The van der Waals surface area contributed by atoms with Gasteiger partial charge < -0.3 is 5.32 Å². The summed E-state index contributed by atoms with van der Waals surface area (Å²) >= 11 is 3.48. The Kier molecular flexibility index (Phi) is 3.50. The zero-order chi connectivity index (χ0) is 15.8. The maximum atomic E-state index is 4.37. The molecule has 1 N–H and O–H groups in total. The fourth-order valence-corrected chi connectivity index (χ4v) is 3.00. The van der Waals surface area contributed by atoms with Crippen molar-refractivity contribution in [3.8, 4) is 0 Å². The van der Waals surface area contributed by atoms with Crippen LogP contribution in [-0.2, 0) is 0 Å². The molecule has 23 heavy (non-hydrogen) atoms. The Morgan fingerprint density at radius 1 is 1.04 bits per heavy atom. The molecule has 1 aliphatic rings. The van der Waals surface area contributed by atoms with Gasteiger partial charge in [0.1, 0.15) is 12.4 Å². The molecule has 4 rings (SSSR count). The lowest BCUT2D eigenvalue weighted by molar-refractivity contribution is 0.612. The van der Waals surface area contributed by atoms with Crippen LogP contribution in [0.5, 0.6) is 0 Å². The molecule has 0 spiro atoms. The van der Waals surface area contributed by atoms with Crippen molar-refractivity contribution < 1.29 is 0 Å². The Morgan fingerprint density at radius 2 is 1.78 bits per heavy atom. The number of allylic oxidation sites excluding steroid dienone is 1. The van der Waals surface area contributed by atoms with E-state index in [-0.39, 0.29) is 6.04 Å². The average molecular weight is 367 g/mol. The minimum atomic E-state index is 0.0352. The molecule has 2 aromatic carbocycles. The predicted octanol–water partition coefficient (Wildman–Crippen LogP) is 4.41. The van der Waals surface area contributed by atoms with E-state index < -0.39 is 0 Å². The van der Waals surface area contributed by atoms with Crippen LogP contribution in [0.3, 0.4) is 0 Å². The highest BCUT2D eigenvalue weighted by Gasteiger charge is 2.23. The third-order valence-corrected chi connectivity index (χ3v) is 4.51. The van der Waals surface area contributed by atoms with Crippen LogP contribution in [0.4, 0.5) is 5.95 Å². The monoisotopic (exact) mass is 366 g/mol. The van der Waals surface area contributed by atoms with Crippen molar-refractivity contribution in [3.63, 3.8) is 0 Å². The van der Waals surface area contributed by atoms with E-state index in [2.05, 4.69) is 80.7 Å². The maximum Gasteiger partial charge on any atom is 0.226 e. The normalized spacial score (nSPS) is 16.4. The lowest BCUT2D eigenvalue weighted by Gasteiger charge is -2.24. The van der Waals surface area contributed by atoms with Gasteiger partial charge in [-0.1, -0.05) is 57.9 Å². The standard InChI is InChI=1S/C18H15BrN4/c1-12-2-4-14(5-3-12)17-10-16(13-6-8-15(19)9-7-13)22-18-20-11-21-23(17)18/h2-11,17H,1H3,(H,20,21,22)/t17-/m1/s1. The first-order valence-electron chi connectivity index (χ1n) is 7.41. The number of rotatable bonds is 2. The Labute approximate surface area is 143 Å². The van der Waals surface area contributed by atoms with Crippen molar-refractivity contribution in [3.05, 3.63) is 82.1 Å². The van der Waals surface area contributed by atoms with Crippen molar-refractivity contribution in [1.29, 1.82) is 0 Å². The molecular weight excluding hydrogens is 352 g/mol. The van der Waals surface area contributed by atoms with Crippen LogP contribution < -0.4 is 5.32 Å². The molecule has 1 aromatic heterocycles. The lowest BCUT2D eigenvalue weighted by Crippen LogP contribution is -2.20. The van der Waals surface area contributed by atoms with Crippen LogP contribution in [0.15, 0.2) is 65.4 Å². The molecule has 1 atom stereocenters. The van der Waals surface area contributed by atoms with Crippen LogP contribution >= 0.6 is 15.9 Å². The van der Waals surface area contributed by atoms with Gasteiger partial charge in [0, 0.05) is 10.2 Å². The summed E-state index contributed by atoms with van der Waals surface area (Å²) in [6.45, 7) is 2.09. The number of halogens is 1. The van der Waals surface area contributed by atoms with Gasteiger partial charge >= 0.3 is 0 Å². The summed E-state index contributed by atoms with van der Waals surface area (Å²) in [7, 11) is 0. The van der Waals surface area contributed by atoms with Crippen LogP contribution in [0.2, 0.25) is 0 Å². The molecule has 0 bridgehead atoms. The number of aromatic nitrogens is 3. The number of anilines is 1. The number of aryl methyl sites for hydroxylation is 1. The average Bonchev–Trinajstić information content (AvgIpc) is 3.04. The third-order valence-electron chi connectivity index (χ3n) is 3.98. The second-order valence-corrected chi connectivity index (χ2v) is 6.51. The molecule has 1 aliphatic heterocycles. The van der Waals surface area contributed by atoms with E-state index in [9.17, 15) is 0 Å². The number of hydrogen-bond donors (Lipinski definition) is 1. The van der Waals surface area contributed by atoms with Crippen LogP contribution in [-0.4, -0.2) is 14.8 Å². The third kappa shape index (κ3) is 2.68. The van der Waals surface area contributed by atoms with Gasteiger partial charge in [0.25, 0.3) is 0 Å². The number of benzene rings is 2. The lowest BCUT2D eigenvalue weighted by atomic mass is 10.0. The zero-order valence-corrected chi connectivity index (χ0v) is 14.2. The number of fused-ring (bicyclic) bond motifs is 1. The van der Waals surface area contributed by atoms with Gasteiger partial charge in [-0.05, 0) is 36.3 Å². The molecule has 0 amide bonds. The minimum absolute atomic E-state index is 0.0352. The molecule has 0 fully saturated rings. The van der Waals surface area contributed by atoms with Gasteiger partial charge in [-0.2, -0.15) is 10.1 Å². The van der Waals surface area contributed by atoms with E-state index >= 15 is 0 Å². The second-order valence-electron chi connectivity index (χ2n) is 5.60. The molecule has 5 heteroatoms. The first-order valence-corrected chi connectivity index (χ1v) is 8.21. The number of nitrogens with one attached hydrogen (secondary N) is 1. The summed E-state index contributed by atoms with van der Waals surface area (Å²) < 4.78 is 2.98.